The van der Waals surface area contributed by atoms with Crippen LogP contribution in [-0.4, -0.2) is 9.97 Å². The number of hydrogen-bond acceptors (Lipinski definition) is 2. The lowest BCUT2D eigenvalue weighted by Gasteiger charge is -2.26. The molecule has 55 heavy (non-hydrogen) atoms. The second-order valence-electron chi connectivity index (χ2n) is 17.9. The first kappa shape index (κ1) is 33.7. The lowest BCUT2D eigenvalue weighted by atomic mass is 9.77. The van der Waals surface area contributed by atoms with E-state index in [-0.39, 0.29) is 16.2 Å². The summed E-state index contributed by atoms with van der Waals surface area (Å²) in [6.07, 6.45) is 3.99. The highest BCUT2D eigenvalue weighted by Crippen LogP contribution is 2.58. The van der Waals surface area contributed by atoms with Crippen molar-refractivity contribution in [3.05, 3.63) is 167 Å². The molecule has 10 rings (SSSR count). The maximum atomic E-state index is 5.08. The van der Waals surface area contributed by atoms with Gasteiger partial charge in [0.25, 0.3) is 0 Å². The van der Waals surface area contributed by atoms with Crippen LogP contribution in [-0.2, 0) is 16.2 Å². The fourth-order valence-electron chi connectivity index (χ4n) is 9.94. The number of benzene rings is 6. The molecular formula is C53H46N2. The van der Waals surface area contributed by atoms with Crippen LogP contribution in [0.15, 0.2) is 134 Å². The third-order valence-corrected chi connectivity index (χ3v) is 12.7. The van der Waals surface area contributed by atoms with Gasteiger partial charge in [0.05, 0.1) is 11.4 Å². The van der Waals surface area contributed by atoms with Gasteiger partial charge in [0.2, 0.25) is 0 Å². The Morgan fingerprint density at radius 1 is 0.491 bits per heavy atom. The van der Waals surface area contributed by atoms with E-state index in [4.69, 9.17) is 9.97 Å². The summed E-state index contributed by atoms with van der Waals surface area (Å²) in [5, 5.41) is 5.13. The SMILES string of the molecule is Cc1ccc(-c2cc(-c3cc4c(c5ccccc35)-c3cccc(-c5cc(C(C)(C)C)ccn5)c3C4(C)C)cc3c2C(C)(C)c2ccc4ccccc4c2-3)nc1. The zero-order chi connectivity index (χ0) is 38.0. The predicted octanol–water partition coefficient (Wildman–Crippen LogP) is 14.0. The van der Waals surface area contributed by atoms with Crippen molar-refractivity contribution in [3.8, 4) is 55.9 Å². The van der Waals surface area contributed by atoms with E-state index in [1.165, 1.54) is 93.9 Å². The summed E-state index contributed by atoms with van der Waals surface area (Å²) in [6.45, 7) is 18.5. The van der Waals surface area contributed by atoms with Crippen LogP contribution in [0.1, 0.15) is 81.8 Å². The van der Waals surface area contributed by atoms with Crippen molar-refractivity contribution in [2.45, 2.75) is 71.6 Å². The zero-order valence-corrected chi connectivity index (χ0v) is 33.1. The van der Waals surface area contributed by atoms with E-state index in [1.807, 2.05) is 12.4 Å². The molecule has 2 heterocycles. The fourth-order valence-corrected chi connectivity index (χ4v) is 9.94. The summed E-state index contributed by atoms with van der Waals surface area (Å²) in [6, 6.07) is 45.7. The standard InChI is InChI=1S/C53H46N2/c1-31-20-23-45(55-30-31)41-26-33(27-42-47-35-15-10-9-14-32(35)21-22-43(47)52(5,6)50(41)42)40-29-44-48(37-17-12-11-16-36(37)40)39-19-13-18-38(49(39)53(44,7)8)46-28-34(24-25-54-46)51(2,3)4/h9-30H,1-8H3. The molecule has 0 atom stereocenters. The largest absolute Gasteiger partial charge is 0.256 e. The molecule has 0 spiro atoms. The lowest BCUT2D eigenvalue weighted by molar-refractivity contribution is 0.589. The van der Waals surface area contributed by atoms with E-state index in [2.05, 4.69) is 177 Å². The first-order chi connectivity index (χ1) is 26.3. The van der Waals surface area contributed by atoms with Gasteiger partial charge in [-0.05, 0) is 137 Å². The highest BCUT2D eigenvalue weighted by molar-refractivity contribution is 6.11. The van der Waals surface area contributed by atoms with Gasteiger partial charge in [-0.15, -0.1) is 0 Å². The molecule has 8 aromatic rings. The minimum Gasteiger partial charge on any atom is -0.256 e. The Balaban J connectivity index is 1.26. The van der Waals surface area contributed by atoms with Gasteiger partial charge in [-0.2, -0.15) is 0 Å². The van der Waals surface area contributed by atoms with Gasteiger partial charge in [-0.3, -0.25) is 9.97 Å². The highest BCUT2D eigenvalue weighted by Gasteiger charge is 2.42. The van der Waals surface area contributed by atoms with Crippen LogP contribution in [0, 0.1) is 6.92 Å². The van der Waals surface area contributed by atoms with Crippen molar-refractivity contribution in [2.24, 2.45) is 0 Å². The van der Waals surface area contributed by atoms with Crippen molar-refractivity contribution in [2.75, 3.05) is 0 Å². The first-order valence-electron chi connectivity index (χ1n) is 19.7. The monoisotopic (exact) mass is 710 g/mol. The van der Waals surface area contributed by atoms with Crippen LogP contribution >= 0.6 is 0 Å². The molecule has 0 amide bonds. The Hall–Kier alpha value is -5.86. The number of aryl methyl sites for hydroxylation is 1. The van der Waals surface area contributed by atoms with Crippen LogP contribution in [0.3, 0.4) is 0 Å². The number of pyridine rings is 2. The second kappa shape index (κ2) is 11.6. The summed E-state index contributed by atoms with van der Waals surface area (Å²) in [5.74, 6) is 0. The molecule has 2 nitrogen and oxygen atoms in total. The van der Waals surface area contributed by atoms with Crippen molar-refractivity contribution in [3.63, 3.8) is 0 Å². The van der Waals surface area contributed by atoms with Crippen molar-refractivity contribution in [1.29, 1.82) is 0 Å². The van der Waals surface area contributed by atoms with Gasteiger partial charge >= 0.3 is 0 Å². The molecule has 2 aliphatic carbocycles. The lowest BCUT2D eigenvalue weighted by Crippen LogP contribution is -2.17. The average Bonchev–Trinajstić information content (AvgIpc) is 3.57. The summed E-state index contributed by atoms with van der Waals surface area (Å²) in [7, 11) is 0. The molecule has 0 saturated carbocycles. The van der Waals surface area contributed by atoms with Crippen LogP contribution in [0.5, 0.6) is 0 Å². The van der Waals surface area contributed by atoms with Crippen LogP contribution < -0.4 is 0 Å². The van der Waals surface area contributed by atoms with Gasteiger partial charge in [0.15, 0.2) is 0 Å². The average molecular weight is 711 g/mol. The molecule has 268 valence electrons. The summed E-state index contributed by atoms with van der Waals surface area (Å²) in [4.78, 5) is 10.1. The van der Waals surface area contributed by atoms with Crippen LogP contribution in [0.4, 0.5) is 0 Å². The van der Waals surface area contributed by atoms with E-state index in [0.717, 1.165) is 17.0 Å². The Kier molecular flexibility index (Phi) is 7.09. The first-order valence-corrected chi connectivity index (χ1v) is 19.7. The number of aromatic nitrogens is 2. The molecule has 2 aliphatic rings. The second-order valence-corrected chi connectivity index (χ2v) is 17.9. The molecule has 0 fully saturated rings. The molecule has 0 aliphatic heterocycles. The molecule has 0 bridgehead atoms. The minimum atomic E-state index is -0.262. The minimum absolute atomic E-state index is 0.0318. The van der Waals surface area contributed by atoms with Crippen LogP contribution in [0.25, 0.3) is 77.4 Å². The number of nitrogens with zero attached hydrogens (tertiary/aromatic N) is 2. The van der Waals surface area contributed by atoms with E-state index in [0.29, 0.717) is 0 Å². The van der Waals surface area contributed by atoms with Gasteiger partial charge in [-0.1, -0.05) is 133 Å². The van der Waals surface area contributed by atoms with Crippen molar-refractivity contribution >= 4 is 21.5 Å². The van der Waals surface area contributed by atoms with Crippen molar-refractivity contribution < 1.29 is 0 Å². The van der Waals surface area contributed by atoms with E-state index in [1.54, 1.807) is 0 Å². The van der Waals surface area contributed by atoms with Gasteiger partial charge in [0.1, 0.15) is 0 Å². The van der Waals surface area contributed by atoms with E-state index < -0.39 is 0 Å². The summed E-state index contributed by atoms with van der Waals surface area (Å²) >= 11 is 0. The maximum absolute atomic E-state index is 5.08. The molecule has 0 radical (unpaired) electrons. The summed E-state index contributed by atoms with van der Waals surface area (Å²) in [5.41, 5.74) is 19.7. The van der Waals surface area contributed by atoms with Gasteiger partial charge < -0.3 is 0 Å². The number of fused-ring (bicyclic) bond motifs is 10. The van der Waals surface area contributed by atoms with Gasteiger partial charge in [-0.25, -0.2) is 0 Å². The van der Waals surface area contributed by atoms with Gasteiger partial charge in [0, 0.05) is 34.4 Å². The normalized spacial score (nSPS) is 14.8. The Morgan fingerprint density at radius 2 is 1.16 bits per heavy atom. The Morgan fingerprint density at radius 3 is 1.93 bits per heavy atom. The topological polar surface area (TPSA) is 25.8 Å². The molecular weight excluding hydrogens is 665 g/mol. The smallest absolute Gasteiger partial charge is 0.0708 e. The van der Waals surface area contributed by atoms with Crippen molar-refractivity contribution in [1.82, 2.24) is 9.97 Å². The van der Waals surface area contributed by atoms with Crippen LogP contribution in [0.2, 0.25) is 0 Å². The Labute approximate surface area is 325 Å². The van der Waals surface area contributed by atoms with E-state index in [9.17, 15) is 0 Å². The molecule has 6 aromatic carbocycles. The quantitative estimate of drug-likeness (QED) is 0.182. The summed E-state index contributed by atoms with van der Waals surface area (Å²) < 4.78 is 0. The Bertz CT molecular complexity index is 2900. The maximum Gasteiger partial charge on any atom is 0.0708 e. The number of hydrogen-bond donors (Lipinski definition) is 0. The highest BCUT2D eigenvalue weighted by atomic mass is 14.7. The molecule has 2 aromatic heterocycles. The zero-order valence-electron chi connectivity index (χ0n) is 33.1. The third kappa shape index (κ3) is 4.87. The predicted molar refractivity (Wildman–Crippen MR) is 232 cm³/mol. The molecule has 0 saturated heterocycles. The molecule has 2 heteroatoms. The fraction of sp³-hybridized carbons (Fsp3) is 0.208. The van der Waals surface area contributed by atoms with E-state index >= 15 is 0 Å². The number of rotatable bonds is 3. The molecule has 0 N–H and O–H groups in total. The molecule has 0 unspecified atom stereocenters. The third-order valence-electron chi connectivity index (χ3n) is 12.7.